The summed E-state index contributed by atoms with van der Waals surface area (Å²) in [7, 11) is 0. The molecule has 2 aromatic carbocycles. The first-order valence-corrected chi connectivity index (χ1v) is 9.03. The van der Waals surface area contributed by atoms with Crippen molar-refractivity contribution in [3.8, 4) is 22.4 Å². The number of aromatic nitrogens is 3. The number of rotatable bonds is 2. The molecule has 2 heterocycles. The molecule has 5 nitrogen and oxygen atoms in total. The summed E-state index contributed by atoms with van der Waals surface area (Å²) in [6.07, 6.45) is -9.21. The highest BCUT2D eigenvalue weighted by Gasteiger charge is 2.34. The molecule has 0 fully saturated rings. The minimum Gasteiger partial charge on any atom is -0.383 e. The zero-order chi connectivity index (χ0) is 23.3. The van der Waals surface area contributed by atoms with Crippen LogP contribution in [-0.4, -0.2) is 15.0 Å². The highest BCUT2D eigenvalue weighted by atomic mass is 19.4. The topological polar surface area (TPSA) is 90.7 Å². The Morgan fingerprint density at radius 1 is 0.688 bits per heavy atom. The van der Waals surface area contributed by atoms with Crippen molar-refractivity contribution >= 4 is 22.8 Å². The fourth-order valence-electron chi connectivity index (χ4n) is 3.34. The first-order chi connectivity index (χ1) is 14.9. The Hall–Kier alpha value is -3.89. The highest BCUT2D eigenvalue weighted by Crippen LogP contribution is 2.40. The smallest absolute Gasteiger partial charge is 0.383 e. The number of alkyl halides is 6. The summed E-state index contributed by atoms with van der Waals surface area (Å²) < 4.78 is 79.5. The Kier molecular flexibility index (Phi) is 4.91. The summed E-state index contributed by atoms with van der Waals surface area (Å²) in [4.78, 5) is 12.0. The van der Waals surface area contributed by atoms with E-state index in [-0.39, 0.29) is 45.2 Å². The number of fused-ring (bicyclic) bond motifs is 1. The van der Waals surface area contributed by atoms with Gasteiger partial charge in [-0.2, -0.15) is 36.3 Å². The van der Waals surface area contributed by atoms with Crippen molar-refractivity contribution in [2.75, 3.05) is 11.5 Å². The normalized spacial score (nSPS) is 12.3. The number of hydrogen-bond donors (Lipinski definition) is 2. The van der Waals surface area contributed by atoms with Gasteiger partial charge in [0.2, 0.25) is 5.95 Å². The highest BCUT2D eigenvalue weighted by molar-refractivity contribution is 6.01. The number of halogens is 6. The molecule has 4 N–H and O–H groups in total. The maximum absolute atomic E-state index is 13.6. The number of hydrogen-bond acceptors (Lipinski definition) is 5. The van der Waals surface area contributed by atoms with E-state index < -0.39 is 23.5 Å². The summed E-state index contributed by atoms with van der Waals surface area (Å²) in [5.41, 5.74) is 9.83. The number of benzene rings is 2. The molecule has 0 saturated carbocycles. The molecule has 2 aromatic heterocycles. The molecule has 0 aliphatic carbocycles. The van der Waals surface area contributed by atoms with Gasteiger partial charge in [-0.1, -0.05) is 30.3 Å². The van der Waals surface area contributed by atoms with Gasteiger partial charge in [0, 0.05) is 5.56 Å². The van der Waals surface area contributed by atoms with E-state index in [1.54, 1.807) is 0 Å². The molecule has 0 aliphatic heterocycles. The third-order valence-electron chi connectivity index (χ3n) is 4.74. The van der Waals surface area contributed by atoms with Crippen LogP contribution in [0.1, 0.15) is 11.1 Å². The van der Waals surface area contributed by atoms with E-state index >= 15 is 0 Å². The van der Waals surface area contributed by atoms with E-state index in [1.165, 1.54) is 36.4 Å². The van der Waals surface area contributed by atoms with Gasteiger partial charge in [-0.3, -0.25) is 0 Å². The summed E-state index contributed by atoms with van der Waals surface area (Å²) >= 11 is 0. The Bertz CT molecular complexity index is 1310. The largest absolute Gasteiger partial charge is 0.417 e. The molecule has 0 spiro atoms. The van der Waals surface area contributed by atoms with Crippen LogP contribution in [0.2, 0.25) is 0 Å². The first kappa shape index (κ1) is 21.3. The van der Waals surface area contributed by atoms with Crippen LogP contribution in [0, 0.1) is 0 Å². The number of anilines is 2. The standard InChI is InChI=1S/C21H13F6N5/c22-20(23,24)11-7-5-10(6-8-11)13-9-15(12-3-1-2-4-14(12)21(25,26)27)30-18-16(13)17(28)31-19(29)32-18/h1-9H,(H4,28,29,30,31,32). The molecule has 4 aromatic rings. The second-order valence-electron chi connectivity index (χ2n) is 6.84. The molecule has 0 amide bonds. The van der Waals surface area contributed by atoms with Gasteiger partial charge in [0.25, 0.3) is 0 Å². The fourth-order valence-corrected chi connectivity index (χ4v) is 3.34. The number of nitrogens with two attached hydrogens (primary N) is 2. The zero-order valence-corrected chi connectivity index (χ0v) is 16.0. The molecule has 11 heteroatoms. The minimum absolute atomic E-state index is 0.0839. The molecular weight excluding hydrogens is 436 g/mol. The van der Waals surface area contributed by atoms with E-state index in [0.717, 1.165) is 18.2 Å². The predicted octanol–water partition coefficient (Wildman–Crippen LogP) is 5.56. The van der Waals surface area contributed by atoms with Crippen LogP contribution in [-0.2, 0) is 12.4 Å². The zero-order valence-electron chi connectivity index (χ0n) is 16.0. The van der Waals surface area contributed by atoms with Crippen LogP contribution in [0.4, 0.5) is 38.1 Å². The van der Waals surface area contributed by atoms with Crippen LogP contribution in [0.25, 0.3) is 33.4 Å². The van der Waals surface area contributed by atoms with Crippen molar-refractivity contribution in [1.82, 2.24) is 15.0 Å². The van der Waals surface area contributed by atoms with Gasteiger partial charge < -0.3 is 11.5 Å². The quantitative estimate of drug-likeness (QED) is 0.391. The molecule has 0 bridgehead atoms. The Balaban J connectivity index is 2.02. The second kappa shape index (κ2) is 7.36. The van der Waals surface area contributed by atoms with Crippen LogP contribution < -0.4 is 11.5 Å². The van der Waals surface area contributed by atoms with Crippen molar-refractivity contribution in [2.24, 2.45) is 0 Å². The van der Waals surface area contributed by atoms with Crippen molar-refractivity contribution in [1.29, 1.82) is 0 Å². The molecule has 4 rings (SSSR count). The molecule has 32 heavy (non-hydrogen) atoms. The van der Waals surface area contributed by atoms with Gasteiger partial charge in [0.1, 0.15) is 5.82 Å². The van der Waals surface area contributed by atoms with Crippen molar-refractivity contribution < 1.29 is 26.3 Å². The van der Waals surface area contributed by atoms with E-state index in [1.807, 2.05) is 0 Å². The van der Waals surface area contributed by atoms with E-state index in [2.05, 4.69) is 15.0 Å². The maximum atomic E-state index is 13.6. The summed E-state index contributed by atoms with van der Waals surface area (Å²) in [5.74, 6) is -0.354. The summed E-state index contributed by atoms with van der Waals surface area (Å²) in [6.45, 7) is 0. The molecule has 0 atom stereocenters. The number of nitrogen functional groups attached to an aromatic ring is 2. The average molecular weight is 449 g/mol. The molecule has 0 radical (unpaired) electrons. The molecule has 0 saturated heterocycles. The van der Waals surface area contributed by atoms with E-state index in [9.17, 15) is 26.3 Å². The van der Waals surface area contributed by atoms with Gasteiger partial charge in [-0.15, -0.1) is 0 Å². The van der Waals surface area contributed by atoms with Gasteiger partial charge in [0.15, 0.2) is 5.65 Å². The van der Waals surface area contributed by atoms with Gasteiger partial charge in [-0.25, -0.2) is 4.98 Å². The minimum atomic E-state index is -4.66. The third kappa shape index (κ3) is 3.88. The maximum Gasteiger partial charge on any atom is 0.417 e. The summed E-state index contributed by atoms with van der Waals surface area (Å²) in [6, 6.07) is 10.2. The molecule has 0 aliphatic rings. The van der Waals surface area contributed by atoms with Gasteiger partial charge in [-0.05, 0) is 35.4 Å². The second-order valence-corrected chi connectivity index (χ2v) is 6.84. The molecule has 164 valence electrons. The van der Waals surface area contributed by atoms with E-state index in [0.29, 0.717) is 0 Å². The Morgan fingerprint density at radius 2 is 1.34 bits per heavy atom. The van der Waals surface area contributed by atoms with Crippen LogP contribution in [0.15, 0.2) is 54.6 Å². The van der Waals surface area contributed by atoms with Crippen molar-refractivity contribution in [3.63, 3.8) is 0 Å². The number of nitrogens with zero attached hydrogens (tertiary/aromatic N) is 3. The van der Waals surface area contributed by atoms with Crippen LogP contribution in [0.3, 0.4) is 0 Å². The lowest BCUT2D eigenvalue weighted by atomic mass is 9.97. The lowest BCUT2D eigenvalue weighted by Crippen LogP contribution is -2.08. The van der Waals surface area contributed by atoms with Crippen molar-refractivity contribution in [2.45, 2.75) is 12.4 Å². The van der Waals surface area contributed by atoms with Crippen LogP contribution >= 0.6 is 0 Å². The molecule has 0 unspecified atom stereocenters. The average Bonchev–Trinajstić information content (AvgIpc) is 2.71. The number of pyridine rings is 1. The van der Waals surface area contributed by atoms with Gasteiger partial charge >= 0.3 is 12.4 Å². The van der Waals surface area contributed by atoms with Crippen LogP contribution in [0.5, 0.6) is 0 Å². The summed E-state index contributed by atoms with van der Waals surface area (Å²) in [5, 5.41) is 0.159. The lowest BCUT2D eigenvalue weighted by molar-refractivity contribution is -0.138. The third-order valence-corrected chi connectivity index (χ3v) is 4.74. The predicted molar refractivity (Wildman–Crippen MR) is 107 cm³/mol. The van der Waals surface area contributed by atoms with Gasteiger partial charge in [0.05, 0.1) is 22.2 Å². The Morgan fingerprint density at radius 3 is 1.97 bits per heavy atom. The SMILES string of the molecule is Nc1nc(N)c2c(-c3ccc(C(F)(F)F)cc3)cc(-c3ccccc3C(F)(F)F)nc2n1. The first-order valence-electron chi connectivity index (χ1n) is 9.03. The monoisotopic (exact) mass is 449 g/mol. The van der Waals surface area contributed by atoms with E-state index in [4.69, 9.17) is 11.5 Å². The Labute approximate surface area is 176 Å². The fraction of sp³-hybridized carbons (Fsp3) is 0.0952. The molecular formula is C21H13F6N5. The lowest BCUT2D eigenvalue weighted by Gasteiger charge is -2.15. The van der Waals surface area contributed by atoms with Crippen molar-refractivity contribution in [3.05, 3.63) is 65.7 Å².